The van der Waals surface area contributed by atoms with Crippen molar-refractivity contribution in [2.45, 2.75) is 13.3 Å². The average Bonchev–Trinajstić information content (AvgIpc) is 2.17. The maximum atomic E-state index is 12.9. The van der Waals surface area contributed by atoms with Crippen LogP contribution < -0.4 is 0 Å². The second kappa shape index (κ2) is 4.71. The maximum absolute atomic E-state index is 12.9. The number of aryl methyl sites for hydroxylation is 1. The first kappa shape index (κ1) is 12.8. The molecule has 6 heteroatoms. The van der Waals surface area contributed by atoms with Crippen molar-refractivity contribution >= 4 is 15.9 Å². The second-order valence-electron chi connectivity index (χ2n) is 3.42. The molecule has 0 unspecified atom stereocenters. The third-order valence-electron chi connectivity index (χ3n) is 2.07. The molecular weight excluding hydrogens is 235 g/mol. The lowest BCUT2D eigenvalue weighted by molar-refractivity contribution is 0.0988. The maximum Gasteiger partial charge on any atom is 0.265 e. The molecule has 0 saturated heterocycles. The van der Waals surface area contributed by atoms with E-state index in [-0.39, 0.29) is 12.0 Å². The minimum atomic E-state index is -4.14. The number of carbonyl (C=O) groups excluding carboxylic acids is 1. The summed E-state index contributed by atoms with van der Waals surface area (Å²) >= 11 is 0. The summed E-state index contributed by atoms with van der Waals surface area (Å²) in [5, 5.41) is 0. The van der Waals surface area contributed by atoms with Gasteiger partial charge in [0.05, 0.1) is 5.75 Å². The second-order valence-corrected chi connectivity index (χ2v) is 5.00. The number of benzene rings is 1. The topological polar surface area (TPSA) is 71.4 Å². The number of carbonyl (C=O) groups is 1. The smallest absolute Gasteiger partial charge is 0.265 e. The molecule has 0 amide bonds. The van der Waals surface area contributed by atoms with Crippen molar-refractivity contribution in [1.82, 2.24) is 0 Å². The summed E-state index contributed by atoms with van der Waals surface area (Å²) < 4.78 is 42.2. The Morgan fingerprint density at radius 1 is 1.44 bits per heavy atom. The molecule has 0 bridgehead atoms. The molecule has 88 valence electrons. The zero-order valence-corrected chi connectivity index (χ0v) is 9.42. The van der Waals surface area contributed by atoms with Gasteiger partial charge in [0.2, 0.25) is 0 Å². The van der Waals surface area contributed by atoms with E-state index in [1.165, 1.54) is 19.1 Å². The van der Waals surface area contributed by atoms with Crippen LogP contribution in [0.25, 0.3) is 0 Å². The van der Waals surface area contributed by atoms with Crippen LogP contribution in [0.5, 0.6) is 0 Å². The Morgan fingerprint density at radius 3 is 2.56 bits per heavy atom. The molecular formula is C10H11FO4S. The monoisotopic (exact) mass is 246 g/mol. The summed E-state index contributed by atoms with van der Waals surface area (Å²) in [6.07, 6.45) is -0.316. The summed E-state index contributed by atoms with van der Waals surface area (Å²) in [4.78, 5) is 11.5. The van der Waals surface area contributed by atoms with Gasteiger partial charge in [-0.2, -0.15) is 8.42 Å². The molecule has 0 aromatic heterocycles. The highest BCUT2D eigenvalue weighted by Crippen LogP contribution is 2.11. The van der Waals surface area contributed by atoms with Gasteiger partial charge in [0, 0.05) is 12.0 Å². The minimum Gasteiger partial charge on any atom is -0.294 e. The quantitative estimate of drug-likeness (QED) is 0.647. The van der Waals surface area contributed by atoms with Crippen molar-refractivity contribution in [3.63, 3.8) is 0 Å². The number of rotatable bonds is 4. The fraction of sp³-hybridized carbons (Fsp3) is 0.300. The summed E-state index contributed by atoms with van der Waals surface area (Å²) in [6, 6.07) is 3.78. The Bertz CT molecular complexity index is 508. The largest absolute Gasteiger partial charge is 0.294 e. The number of Topliss-reactive ketones (excluding diaryl/α,β-unsaturated/α-hetero) is 1. The van der Waals surface area contributed by atoms with Gasteiger partial charge in [-0.25, -0.2) is 4.39 Å². The van der Waals surface area contributed by atoms with E-state index in [4.69, 9.17) is 4.55 Å². The molecule has 0 spiro atoms. The fourth-order valence-electron chi connectivity index (χ4n) is 1.18. The third kappa shape index (κ3) is 3.71. The van der Waals surface area contributed by atoms with Crippen molar-refractivity contribution < 1.29 is 22.2 Å². The highest BCUT2D eigenvalue weighted by atomic mass is 32.2. The van der Waals surface area contributed by atoms with Gasteiger partial charge in [0.15, 0.2) is 5.78 Å². The van der Waals surface area contributed by atoms with Crippen molar-refractivity contribution in [2.75, 3.05) is 5.75 Å². The predicted octanol–water partition coefficient (Wildman–Crippen LogP) is 1.59. The van der Waals surface area contributed by atoms with Crippen LogP contribution >= 0.6 is 0 Å². The highest BCUT2D eigenvalue weighted by molar-refractivity contribution is 7.85. The zero-order chi connectivity index (χ0) is 12.3. The SMILES string of the molecule is Cc1cc(C(=O)CCS(=O)(=O)O)ccc1F. The highest BCUT2D eigenvalue weighted by Gasteiger charge is 2.12. The van der Waals surface area contributed by atoms with E-state index in [1.54, 1.807) is 0 Å². The van der Waals surface area contributed by atoms with Crippen LogP contribution in [0.4, 0.5) is 4.39 Å². The molecule has 1 aromatic carbocycles. The Labute approximate surface area is 92.8 Å². The number of ketones is 1. The van der Waals surface area contributed by atoms with Crippen LogP contribution in [0.1, 0.15) is 22.3 Å². The standard InChI is InChI=1S/C10H11FO4S/c1-7-6-8(2-3-9(7)11)10(12)4-5-16(13,14)15/h2-3,6H,4-5H2,1H3,(H,13,14,15). The van der Waals surface area contributed by atoms with Crippen LogP contribution in [0.3, 0.4) is 0 Å². The molecule has 0 radical (unpaired) electrons. The first-order valence-electron chi connectivity index (χ1n) is 4.54. The van der Waals surface area contributed by atoms with E-state index >= 15 is 0 Å². The summed E-state index contributed by atoms with van der Waals surface area (Å²) in [5.74, 6) is -1.49. The Kier molecular flexibility index (Phi) is 3.77. The van der Waals surface area contributed by atoms with Gasteiger partial charge in [-0.05, 0) is 30.7 Å². The third-order valence-corrected chi connectivity index (χ3v) is 2.79. The Morgan fingerprint density at radius 2 is 2.06 bits per heavy atom. The lowest BCUT2D eigenvalue weighted by Crippen LogP contribution is -2.10. The lowest BCUT2D eigenvalue weighted by atomic mass is 10.1. The van der Waals surface area contributed by atoms with E-state index < -0.39 is 27.5 Å². The zero-order valence-electron chi connectivity index (χ0n) is 8.60. The number of hydrogen-bond donors (Lipinski definition) is 1. The fourth-order valence-corrected chi connectivity index (χ4v) is 1.63. The Hall–Kier alpha value is -1.27. The van der Waals surface area contributed by atoms with Crippen molar-refractivity contribution in [2.24, 2.45) is 0 Å². The lowest BCUT2D eigenvalue weighted by Gasteiger charge is -2.02. The summed E-state index contributed by atoms with van der Waals surface area (Å²) in [7, 11) is -4.14. The van der Waals surface area contributed by atoms with Crippen molar-refractivity contribution in [3.05, 3.63) is 35.1 Å². The van der Waals surface area contributed by atoms with Gasteiger partial charge in [-0.1, -0.05) is 0 Å². The molecule has 0 aliphatic carbocycles. The van der Waals surface area contributed by atoms with Crippen LogP contribution in [-0.2, 0) is 10.1 Å². The molecule has 0 aliphatic heterocycles. The molecule has 0 heterocycles. The normalized spacial score (nSPS) is 11.4. The molecule has 0 fully saturated rings. The van der Waals surface area contributed by atoms with Crippen LogP contribution in [0.15, 0.2) is 18.2 Å². The van der Waals surface area contributed by atoms with Gasteiger partial charge >= 0.3 is 0 Å². The summed E-state index contributed by atoms with van der Waals surface area (Å²) in [5.41, 5.74) is 0.556. The summed E-state index contributed by atoms with van der Waals surface area (Å²) in [6.45, 7) is 1.51. The van der Waals surface area contributed by atoms with Crippen LogP contribution in [-0.4, -0.2) is 24.5 Å². The van der Waals surface area contributed by atoms with Gasteiger partial charge in [0.1, 0.15) is 5.82 Å². The minimum absolute atomic E-state index is 0.238. The molecule has 0 saturated carbocycles. The average molecular weight is 246 g/mol. The molecule has 4 nitrogen and oxygen atoms in total. The predicted molar refractivity (Wildman–Crippen MR) is 56.5 cm³/mol. The molecule has 1 rings (SSSR count). The van der Waals surface area contributed by atoms with Gasteiger partial charge in [-0.3, -0.25) is 9.35 Å². The molecule has 16 heavy (non-hydrogen) atoms. The van der Waals surface area contributed by atoms with Crippen molar-refractivity contribution in [1.29, 1.82) is 0 Å². The van der Waals surface area contributed by atoms with E-state index in [0.717, 1.165) is 6.07 Å². The van der Waals surface area contributed by atoms with Crippen LogP contribution in [0, 0.1) is 12.7 Å². The van der Waals surface area contributed by atoms with Gasteiger partial charge in [-0.15, -0.1) is 0 Å². The first-order valence-corrected chi connectivity index (χ1v) is 6.15. The molecule has 1 aromatic rings. The van der Waals surface area contributed by atoms with E-state index in [9.17, 15) is 17.6 Å². The van der Waals surface area contributed by atoms with E-state index in [1.807, 2.05) is 0 Å². The van der Waals surface area contributed by atoms with Gasteiger partial charge in [0.25, 0.3) is 10.1 Å². The number of hydrogen-bond acceptors (Lipinski definition) is 3. The first-order chi connectivity index (χ1) is 7.29. The number of halogens is 1. The Balaban J connectivity index is 2.78. The molecule has 0 atom stereocenters. The molecule has 0 aliphatic rings. The molecule has 1 N–H and O–H groups in total. The van der Waals surface area contributed by atoms with Crippen molar-refractivity contribution in [3.8, 4) is 0 Å². The van der Waals surface area contributed by atoms with Gasteiger partial charge < -0.3 is 0 Å². The van der Waals surface area contributed by atoms with Crippen LogP contribution in [0.2, 0.25) is 0 Å². The van der Waals surface area contributed by atoms with E-state index in [2.05, 4.69) is 0 Å². The van der Waals surface area contributed by atoms with E-state index in [0.29, 0.717) is 5.56 Å².